The maximum atomic E-state index is 6.00. The van der Waals surface area contributed by atoms with Gasteiger partial charge in [-0.25, -0.2) is 0 Å². The highest BCUT2D eigenvalue weighted by atomic mass is 79.9. The van der Waals surface area contributed by atoms with E-state index in [0.29, 0.717) is 12.3 Å². The minimum atomic E-state index is 0.427. The van der Waals surface area contributed by atoms with E-state index in [0.717, 1.165) is 38.1 Å². The second-order valence-corrected chi connectivity index (χ2v) is 6.32. The number of hydrogen-bond acceptors (Lipinski definition) is 3. The summed E-state index contributed by atoms with van der Waals surface area (Å²) in [5.41, 5.74) is 9.68. The van der Waals surface area contributed by atoms with Gasteiger partial charge in [-0.2, -0.15) is 5.10 Å². The first-order valence-electron chi connectivity index (χ1n) is 6.32. The summed E-state index contributed by atoms with van der Waals surface area (Å²) >= 11 is 7.00. The van der Waals surface area contributed by atoms with E-state index < -0.39 is 0 Å². The molecule has 6 heteroatoms. The van der Waals surface area contributed by atoms with Crippen LogP contribution in [0, 0.1) is 6.92 Å². The molecule has 0 aliphatic rings. The van der Waals surface area contributed by atoms with Gasteiger partial charge in [-0.15, -0.1) is 0 Å². The Morgan fingerprint density at radius 3 is 2.60 bits per heavy atom. The van der Waals surface area contributed by atoms with Crippen molar-refractivity contribution in [1.82, 2.24) is 9.78 Å². The van der Waals surface area contributed by atoms with Gasteiger partial charge in [-0.3, -0.25) is 4.68 Å². The van der Waals surface area contributed by atoms with E-state index >= 15 is 0 Å². The standard InChI is InChI=1S/C14H17Br2N3O/c1-4-11-13(16)12(19(3)18-11)7-20-14-8(2)5-9(15)6-10(14)17/h5-6H,4,7,17H2,1-3H3. The van der Waals surface area contributed by atoms with Crippen molar-refractivity contribution in [1.29, 1.82) is 0 Å². The first kappa shape index (κ1) is 15.4. The number of anilines is 1. The SMILES string of the molecule is CCc1nn(C)c(COc2c(C)cc(Br)cc2N)c1Br. The zero-order chi connectivity index (χ0) is 14.9. The molecule has 4 nitrogen and oxygen atoms in total. The third-order valence-corrected chi connectivity index (χ3v) is 4.50. The highest BCUT2D eigenvalue weighted by Crippen LogP contribution is 2.31. The minimum Gasteiger partial charge on any atom is -0.485 e. The Morgan fingerprint density at radius 2 is 2.05 bits per heavy atom. The Bertz CT molecular complexity index is 615. The molecule has 2 N–H and O–H groups in total. The average Bonchev–Trinajstić information content (AvgIpc) is 2.64. The van der Waals surface area contributed by atoms with Crippen LogP contribution in [0.1, 0.15) is 23.9 Å². The summed E-state index contributed by atoms with van der Waals surface area (Å²) in [6.07, 6.45) is 0.883. The molecular formula is C14H17Br2N3O. The van der Waals surface area contributed by atoms with Gasteiger partial charge in [0.2, 0.25) is 0 Å². The first-order chi connectivity index (χ1) is 9.43. The van der Waals surface area contributed by atoms with Gasteiger partial charge in [0.25, 0.3) is 0 Å². The predicted molar refractivity (Wildman–Crippen MR) is 87.9 cm³/mol. The molecule has 108 valence electrons. The van der Waals surface area contributed by atoms with Gasteiger partial charge in [-0.05, 0) is 47.0 Å². The van der Waals surface area contributed by atoms with Crippen molar-refractivity contribution in [3.63, 3.8) is 0 Å². The second kappa shape index (κ2) is 6.18. The van der Waals surface area contributed by atoms with Gasteiger partial charge in [0.15, 0.2) is 0 Å². The smallest absolute Gasteiger partial charge is 0.145 e. The number of nitrogens with zero attached hydrogens (tertiary/aromatic N) is 2. The van der Waals surface area contributed by atoms with Gasteiger partial charge >= 0.3 is 0 Å². The van der Waals surface area contributed by atoms with Crippen LogP contribution >= 0.6 is 31.9 Å². The number of aromatic nitrogens is 2. The Kier molecular flexibility index (Phi) is 4.75. The number of hydrogen-bond donors (Lipinski definition) is 1. The number of halogens is 2. The lowest BCUT2D eigenvalue weighted by Gasteiger charge is -2.12. The van der Waals surface area contributed by atoms with Gasteiger partial charge in [0.1, 0.15) is 12.4 Å². The Labute approximate surface area is 135 Å². The van der Waals surface area contributed by atoms with Crippen molar-refractivity contribution in [2.45, 2.75) is 26.9 Å². The van der Waals surface area contributed by atoms with Crippen LogP contribution in [0.4, 0.5) is 5.69 Å². The third kappa shape index (κ3) is 3.01. The van der Waals surface area contributed by atoms with Crippen LogP contribution in [0.15, 0.2) is 21.1 Å². The van der Waals surface area contributed by atoms with Crippen molar-refractivity contribution in [3.8, 4) is 5.75 Å². The quantitative estimate of drug-likeness (QED) is 0.787. The van der Waals surface area contributed by atoms with Gasteiger partial charge < -0.3 is 10.5 Å². The molecular weight excluding hydrogens is 386 g/mol. The second-order valence-electron chi connectivity index (χ2n) is 4.61. The summed E-state index contributed by atoms with van der Waals surface area (Å²) < 4.78 is 9.70. The van der Waals surface area contributed by atoms with Gasteiger partial charge in [0, 0.05) is 11.5 Å². The van der Waals surface area contributed by atoms with Crippen LogP contribution in [-0.2, 0) is 20.1 Å². The van der Waals surface area contributed by atoms with Crippen molar-refractivity contribution < 1.29 is 4.74 Å². The lowest BCUT2D eigenvalue weighted by molar-refractivity contribution is 0.293. The molecule has 0 atom stereocenters. The summed E-state index contributed by atoms with van der Waals surface area (Å²) in [5, 5.41) is 4.45. The molecule has 0 radical (unpaired) electrons. The molecule has 0 bridgehead atoms. The van der Waals surface area contributed by atoms with E-state index in [2.05, 4.69) is 43.9 Å². The molecule has 0 aliphatic heterocycles. The lowest BCUT2D eigenvalue weighted by atomic mass is 10.2. The summed E-state index contributed by atoms with van der Waals surface area (Å²) in [6.45, 7) is 4.48. The Balaban J connectivity index is 2.24. The summed E-state index contributed by atoms with van der Waals surface area (Å²) in [6, 6.07) is 3.83. The number of nitrogen functional groups attached to an aromatic ring is 1. The molecule has 2 rings (SSSR count). The normalized spacial score (nSPS) is 10.8. The van der Waals surface area contributed by atoms with E-state index in [-0.39, 0.29) is 0 Å². The fourth-order valence-electron chi connectivity index (χ4n) is 2.07. The van der Waals surface area contributed by atoms with E-state index in [4.69, 9.17) is 10.5 Å². The van der Waals surface area contributed by atoms with Crippen LogP contribution in [0.3, 0.4) is 0 Å². The van der Waals surface area contributed by atoms with E-state index in [1.807, 2.05) is 30.8 Å². The average molecular weight is 403 g/mol. The van der Waals surface area contributed by atoms with Gasteiger partial charge in [0.05, 0.1) is 21.5 Å². The lowest BCUT2D eigenvalue weighted by Crippen LogP contribution is -2.06. The molecule has 0 spiro atoms. The van der Waals surface area contributed by atoms with E-state index in [1.165, 1.54) is 0 Å². The highest BCUT2D eigenvalue weighted by Gasteiger charge is 2.14. The van der Waals surface area contributed by atoms with Crippen LogP contribution < -0.4 is 10.5 Å². The highest BCUT2D eigenvalue weighted by molar-refractivity contribution is 9.10. The van der Waals surface area contributed by atoms with Crippen LogP contribution in [0.2, 0.25) is 0 Å². The summed E-state index contributed by atoms with van der Waals surface area (Å²) in [5.74, 6) is 0.722. The zero-order valence-electron chi connectivity index (χ0n) is 11.7. The Hall–Kier alpha value is -1.01. The fraction of sp³-hybridized carbons (Fsp3) is 0.357. The van der Waals surface area contributed by atoms with Crippen molar-refractivity contribution >= 4 is 37.5 Å². The van der Waals surface area contributed by atoms with E-state index in [1.54, 1.807) is 0 Å². The molecule has 0 saturated heterocycles. The van der Waals surface area contributed by atoms with Gasteiger partial charge in [-0.1, -0.05) is 22.9 Å². The first-order valence-corrected chi connectivity index (χ1v) is 7.91. The molecule has 1 aromatic heterocycles. The van der Waals surface area contributed by atoms with Crippen molar-refractivity contribution in [2.24, 2.45) is 7.05 Å². The molecule has 1 aromatic carbocycles. The van der Waals surface area contributed by atoms with Crippen LogP contribution in [0.25, 0.3) is 0 Å². The molecule has 1 heterocycles. The maximum Gasteiger partial charge on any atom is 0.145 e. The minimum absolute atomic E-state index is 0.427. The van der Waals surface area contributed by atoms with Crippen LogP contribution in [0.5, 0.6) is 5.75 Å². The number of nitrogens with two attached hydrogens (primary N) is 1. The molecule has 2 aromatic rings. The molecule has 0 fully saturated rings. The summed E-state index contributed by atoms with van der Waals surface area (Å²) in [7, 11) is 1.92. The third-order valence-electron chi connectivity index (χ3n) is 3.12. The number of ether oxygens (including phenoxy) is 1. The van der Waals surface area contributed by atoms with Crippen molar-refractivity contribution in [3.05, 3.63) is 38.0 Å². The van der Waals surface area contributed by atoms with Crippen LogP contribution in [-0.4, -0.2) is 9.78 Å². The van der Waals surface area contributed by atoms with Crippen molar-refractivity contribution in [2.75, 3.05) is 5.73 Å². The summed E-state index contributed by atoms with van der Waals surface area (Å²) in [4.78, 5) is 0. The molecule has 0 unspecified atom stereocenters. The Morgan fingerprint density at radius 1 is 1.35 bits per heavy atom. The number of rotatable bonds is 4. The largest absolute Gasteiger partial charge is 0.485 e. The zero-order valence-corrected chi connectivity index (χ0v) is 14.9. The predicted octanol–water partition coefficient (Wildman–Crippen LogP) is 3.98. The number of benzene rings is 1. The topological polar surface area (TPSA) is 53.1 Å². The van der Waals surface area contributed by atoms with E-state index in [9.17, 15) is 0 Å². The maximum absolute atomic E-state index is 6.00. The molecule has 20 heavy (non-hydrogen) atoms. The molecule has 0 amide bonds. The molecule has 0 saturated carbocycles. The fourth-order valence-corrected chi connectivity index (χ4v) is 3.39. The number of aryl methyl sites for hydroxylation is 3. The molecule has 0 aliphatic carbocycles. The monoisotopic (exact) mass is 401 g/mol.